The molecule has 7 heteroatoms. The number of carbonyl (C=O) groups excluding carboxylic acids is 2. The first kappa shape index (κ1) is 13.9. The lowest BCUT2D eigenvalue weighted by molar-refractivity contribution is -0.214. The van der Waals surface area contributed by atoms with Gasteiger partial charge in [0.25, 0.3) is 0 Å². The van der Waals surface area contributed by atoms with Crippen LogP contribution in [0.1, 0.15) is 20.8 Å². The van der Waals surface area contributed by atoms with Gasteiger partial charge in [0.2, 0.25) is 11.8 Å². The number of nitrogens with one attached hydrogen (secondary N) is 2. The fraction of sp³-hybridized carbons (Fsp3) is 0.800. The van der Waals surface area contributed by atoms with Gasteiger partial charge >= 0.3 is 0 Å². The number of ether oxygens (including phenoxy) is 1. The van der Waals surface area contributed by atoms with Crippen molar-refractivity contribution in [3.63, 3.8) is 0 Å². The van der Waals surface area contributed by atoms with Gasteiger partial charge in [-0.3, -0.25) is 9.59 Å². The van der Waals surface area contributed by atoms with Gasteiger partial charge in [-0.15, -0.1) is 0 Å². The Bertz CT molecular complexity index is 281. The normalized spacial score (nSPS) is 37.4. The molecule has 1 aliphatic heterocycles. The van der Waals surface area contributed by atoms with E-state index in [4.69, 9.17) is 4.74 Å². The smallest absolute Gasteiger partial charge is 0.217 e. The zero-order valence-corrected chi connectivity index (χ0v) is 10.0. The number of aliphatic hydroxyl groups is 2. The van der Waals surface area contributed by atoms with Gasteiger partial charge in [0.1, 0.15) is 12.1 Å². The van der Waals surface area contributed by atoms with Gasteiger partial charge < -0.3 is 25.6 Å². The molecule has 4 N–H and O–H groups in total. The van der Waals surface area contributed by atoms with Crippen LogP contribution in [0.5, 0.6) is 0 Å². The standard InChI is InChI=1S/C10H18N2O5/c1-4-7(11-5(2)13)9(15)8(10(16)17-4)12-6(3)14/h4,7-10,15-16H,1-3H3,(H,11,13)(H,12,14)/t4-,7-,8+,9-,10-/m0/s1. The Morgan fingerprint density at radius 2 is 1.53 bits per heavy atom. The first-order valence-corrected chi connectivity index (χ1v) is 5.38. The molecule has 0 aromatic carbocycles. The van der Waals surface area contributed by atoms with E-state index in [9.17, 15) is 19.8 Å². The van der Waals surface area contributed by atoms with E-state index in [1.807, 2.05) is 0 Å². The van der Waals surface area contributed by atoms with Crippen molar-refractivity contribution in [2.75, 3.05) is 0 Å². The van der Waals surface area contributed by atoms with Gasteiger partial charge in [-0.25, -0.2) is 0 Å². The van der Waals surface area contributed by atoms with Gasteiger partial charge in [-0.2, -0.15) is 0 Å². The van der Waals surface area contributed by atoms with Gasteiger partial charge in [-0.05, 0) is 6.92 Å². The number of aliphatic hydroxyl groups excluding tert-OH is 2. The lowest BCUT2D eigenvalue weighted by Gasteiger charge is -2.42. The molecule has 0 aromatic heterocycles. The molecular formula is C10H18N2O5. The highest BCUT2D eigenvalue weighted by atomic mass is 16.6. The molecule has 1 aliphatic rings. The predicted octanol–water partition coefficient (Wildman–Crippen LogP) is -1.91. The second-order valence-electron chi connectivity index (χ2n) is 4.17. The van der Waals surface area contributed by atoms with Crippen molar-refractivity contribution in [3.05, 3.63) is 0 Å². The lowest BCUT2D eigenvalue weighted by atomic mass is 9.95. The van der Waals surface area contributed by atoms with Crippen LogP contribution in [0.15, 0.2) is 0 Å². The van der Waals surface area contributed by atoms with E-state index < -0.39 is 36.5 Å². The monoisotopic (exact) mass is 246 g/mol. The zero-order chi connectivity index (χ0) is 13.2. The highest BCUT2D eigenvalue weighted by Gasteiger charge is 2.43. The van der Waals surface area contributed by atoms with Gasteiger partial charge in [0.05, 0.1) is 12.1 Å². The Labute approximate surface area is 99.1 Å². The van der Waals surface area contributed by atoms with Gasteiger partial charge in [0.15, 0.2) is 6.29 Å². The molecule has 98 valence electrons. The second-order valence-corrected chi connectivity index (χ2v) is 4.17. The maximum atomic E-state index is 11.0. The second kappa shape index (κ2) is 5.44. The van der Waals surface area contributed by atoms with E-state index in [1.54, 1.807) is 6.92 Å². The van der Waals surface area contributed by atoms with E-state index in [0.29, 0.717) is 0 Å². The largest absolute Gasteiger partial charge is 0.389 e. The third kappa shape index (κ3) is 3.39. The van der Waals surface area contributed by atoms with E-state index in [1.165, 1.54) is 13.8 Å². The van der Waals surface area contributed by atoms with E-state index in [2.05, 4.69) is 10.6 Å². The first-order valence-electron chi connectivity index (χ1n) is 5.38. The number of carbonyl (C=O) groups is 2. The highest BCUT2D eigenvalue weighted by Crippen LogP contribution is 2.19. The molecule has 0 bridgehead atoms. The van der Waals surface area contributed by atoms with E-state index in [0.717, 1.165) is 0 Å². The molecule has 1 heterocycles. The van der Waals surface area contributed by atoms with Crippen LogP contribution in [0.2, 0.25) is 0 Å². The summed E-state index contributed by atoms with van der Waals surface area (Å²) < 4.78 is 5.15. The Morgan fingerprint density at radius 3 is 2.00 bits per heavy atom. The summed E-state index contributed by atoms with van der Waals surface area (Å²) in [5.74, 6) is -0.713. The van der Waals surface area contributed by atoms with Crippen LogP contribution in [0.3, 0.4) is 0 Å². The fourth-order valence-corrected chi connectivity index (χ4v) is 1.89. The minimum atomic E-state index is -1.30. The van der Waals surface area contributed by atoms with Crippen LogP contribution in [-0.4, -0.2) is 52.6 Å². The van der Waals surface area contributed by atoms with Crippen molar-refractivity contribution in [1.29, 1.82) is 0 Å². The molecule has 0 aromatic rings. The minimum absolute atomic E-state index is 0.317. The molecule has 0 radical (unpaired) electrons. The van der Waals surface area contributed by atoms with Crippen LogP contribution < -0.4 is 10.6 Å². The van der Waals surface area contributed by atoms with Crippen molar-refractivity contribution < 1.29 is 24.5 Å². The maximum Gasteiger partial charge on any atom is 0.217 e. The molecule has 17 heavy (non-hydrogen) atoms. The molecular weight excluding hydrogens is 228 g/mol. The number of hydrogen-bond donors (Lipinski definition) is 4. The Hall–Kier alpha value is -1.18. The van der Waals surface area contributed by atoms with Crippen molar-refractivity contribution in [2.45, 2.75) is 51.4 Å². The number of rotatable bonds is 2. The topological polar surface area (TPSA) is 108 Å². The molecule has 1 rings (SSSR count). The quantitative estimate of drug-likeness (QED) is 0.455. The summed E-state index contributed by atoms with van der Waals surface area (Å²) in [6, 6.07) is -1.63. The average molecular weight is 246 g/mol. The minimum Gasteiger partial charge on any atom is -0.389 e. The summed E-state index contributed by atoms with van der Waals surface area (Å²) in [6.07, 6.45) is -2.95. The van der Waals surface area contributed by atoms with Crippen LogP contribution in [-0.2, 0) is 14.3 Å². The SMILES string of the molecule is CC(=O)N[C@@H]1[C@H](O)[C@@H](NC(C)=O)[C@@H](O)O[C@H]1C. The van der Waals surface area contributed by atoms with Crippen molar-refractivity contribution in [1.82, 2.24) is 10.6 Å². The molecule has 0 spiro atoms. The summed E-state index contributed by atoms with van der Waals surface area (Å²) >= 11 is 0. The Balaban J connectivity index is 2.78. The summed E-state index contributed by atoms with van der Waals surface area (Å²) in [7, 11) is 0. The maximum absolute atomic E-state index is 11.0. The van der Waals surface area contributed by atoms with Gasteiger partial charge in [0, 0.05) is 13.8 Å². The summed E-state index contributed by atoms with van der Waals surface area (Å²) in [5, 5.41) is 24.5. The molecule has 5 atom stereocenters. The van der Waals surface area contributed by atoms with Crippen LogP contribution >= 0.6 is 0 Å². The van der Waals surface area contributed by atoms with E-state index >= 15 is 0 Å². The molecule has 2 amide bonds. The van der Waals surface area contributed by atoms with E-state index in [-0.39, 0.29) is 5.91 Å². The Kier molecular flexibility index (Phi) is 4.44. The lowest BCUT2D eigenvalue weighted by Crippen LogP contribution is -2.66. The predicted molar refractivity (Wildman–Crippen MR) is 57.8 cm³/mol. The zero-order valence-electron chi connectivity index (χ0n) is 10.0. The summed E-state index contributed by atoms with van der Waals surface area (Å²) in [6.45, 7) is 4.21. The number of amides is 2. The third-order valence-corrected chi connectivity index (χ3v) is 2.64. The molecule has 0 saturated carbocycles. The van der Waals surface area contributed by atoms with Crippen molar-refractivity contribution >= 4 is 11.8 Å². The molecule has 0 unspecified atom stereocenters. The molecule has 1 saturated heterocycles. The molecule has 7 nitrogen and oxygen atoms in total. The third-order valence-electron chi connectivity index (χ3n) is 2.64. The fourth-order valence-electron chi connectivity index (χ4n) is 1.89. The first-order chi connectivity index (χ1) is 7.82. The van der Waals surface area contributed by atoms with Crippen molar-refractivity contribution in [3.8, 4) is 0 Å². The van der Waals surface area contributed by atoms with Crippen LogP contribution in [0.25, 0.3) is 0 Å². The average Bonchev–Trinajstić information content (AvgIpc) is 2.18. The highest BCUT2D eigenvalue weighted by molar-refractivity contribution is 5.74. The number of hydrogen-bond acceptors (Lipinski definition) is 5. The molecule has 1 fully saturated rings. The summed E-state index contributed by atoms with van der Waals surface area (Å²) in [4.78, 5) is 21.9. The van der Waals surface area contributed by atoms with Gasteiger partial charge in [-0.1, -0.05) is 0 Å². The van der Waals surface area contributed by atoms with Crippen LogP contribution in [0, 0.1) is 0 Å². The molecule has 0 aliphatic carbocycles. The van der Waals surface area contributed by atoms with Crippen LogP contribution in [0.4, 0.5) is 0 Å². The Morgan fingerprint density at radius 1 is 1.06 bits per heavy atom. The summed E-state index contributed by atoms with van der Waals surface area (Å²) in [5.41, 5.74) is 0. The van der Waals surface area contributed by atoms with Crippen molar-refractivity contribution in [2.24, 2.45) is 0 Å².